The lowest BCUT2D eigenvalue weighted by Crippen LogP contribution is -2.50. The highest BCUT2D eigenvalue weighted by Crippen LogP contribution is 2.42. The van der Waals surface area contributed by atoms with Gasteiger partial charge in [-0.1, -0.05) is 39.0 Å². The number of quaternary nitrogens is 1. The van der Waals surface area contributed by atoms with Crippen LogP contribution in [0.25, 0.3) is 0 Å². The van der Waals surface area contributed by atoms with Crippen LogP contribution >= 0.6 is 0 Å². The number of hydrogen-bond acceptors (Lipinski definition) is 2. The highest BCUT2D eigenvalue weighted by Gasteiger charge is 2.39. The van der Waals surface area contributed by atoms with Crippen molar-refractivity contribution < 1.29 is 14.0 Å². The van der Waals surface area contributed by atoms with Crippen molar-refractivity contribution in [2.45, 2.75) is 91.4 Å². The van der Waals surface area contributed by atoms with Crippen molar-refractivity contribution in [3.8, 4) is 0 Å². The Morgan fingerprint density at radius 1 is 0.885 bits per heavy atom. The zero-order valence-electron chi connectivity index (χ0n) is 17.8. The molecule has 2 fully saturated rings. The molecule has 152 valence electrons. The van der Waals surface area contributed by atoms with E-state index in [1.165, 1.54) is 77.2 Å². The zero-order valence-corrected chi connectivity index (χ0v) is 17.8. The smallest absolute Gasteiger partial charge is 0.309 e. The summed E-state index contributed by atoms with van der Waals surface area (Å²) >= 11 is 0. The number of carbonyl (C=O) groups excluding carboxylic acids is 1. The molecule has 2 aliphatic carbocycles. The fraction of sp³-hybridized carbons (Fsp3) is 0.957. The minimum atomic E-state index is 0.141. The van der Waals surface area contributed by atoms with Crippen LogP contribution in [0.1, 0.15) is 91.4 Å². The van der Waals surface area contributed by atoms with E-state index < -0.39 is 0 Å². The van der Waals surface area contributed by atoms with Crippen LogP contribution in [0.5, 0.6) is 0 Å². The van der Waals surface area contributed by atoms with Crippen LogP contribution in [-0.4, -0.2) is 43.2 Å². The van der Waals surface area contributed by atoms with Gasteiger partial charge in [0.2, 0.25) is 0 Å². The molecule has 3 nitrogen and oxygen atoms in total. The van der Waals surface area contributed by atoms with E-state index in [9.17, 15) is 4.79 Å². The van der Waals surface area contributed by atoms with E-state index in [0.29, 0.717) is 18.4 Å². The van der Waals surface area contributed by atoms with Gasteiger partial charge in [0.15, 0.2) is 0 Å². The lowest BCUT2D eigenvalue weighted by Gasteiger charge is -2.37. The van der Waals surface area contributed by atoms with Gasteiger partial charge in [0.05, 0.1) is 25.6 Å². The van der Waals surface area contributed by atoms with Crippen molar-refractivity contribution in [2.75, 3.05) is 32.8 Å². The Morgan fingerprint density at radius 2 is 1.42 bits per heavy atom. The minimum absolute atomic E-state index is 0.141. The standard InChI is InChI=1S/C23H44NO2/c1-4-7-12-17-24(5-2,6-3)18-19-26-23(25)22(20-13-8-9-14-20)21-15-10-11-16-21/h20-22H,4-19H2,1-3H3/q+1. The van der Waals surface area contributed by atoms with Crippen LogP contribution < -0.4 is 0 Å². The maximum Gasteiger partial charge on any atom is 0.309 e. The van der Waals surface area contributed by atoms with Gasteiger partial charge >= 0.3 is 5.97 Å². The summed E-state index contributed by atoms with van der Waals surface area (Å²) in [7, 11) is 0. The van der Waals surface area contributed by atoms with Gasteiger partial charge in [-0.25, -0.2) is 0 Å². The number of carbonyl (C=O) groups is 1. The summed E-state index contributed by atoms with van der Waals surface area (Å²) in [6.45, 7) is 12.0. The topological polar surface area (TPSA) is 26.3 Å². The van der Waals surface area contributed by atoms with Gasteiger partial charge in [-0.05, 0) is 64.2 Å². The van der Waals surface area contributed by atoms with Crippen LogP contribution in [0.2, 0.25) is 0 Å². The predicted octanol–water partition coefficient (Wildman–Crippen LogP) is 5.57. The first-order valence-corrected chi connectivity index (χ1v) is 11.7. The molecule has 3 heteroatoms. The van der Waals surface area contributed by atoms with Gasteiger partial charge < -0.3 is 9.22 Å². The SMILES string of the molecule is CCCCC[N+](CC)(CC)CCOC(=O)C(C1CCCC1)C1CCCC1. The largest absolute Gasteiger partial charge is 0.459 e. The summed E-state index contributed by atoms with van der Waals surface area (Å²) in [5.74, 6) is 1.55. The third kappa shape index (κ3) is 5.97. The molecule has 0 saturated heterocycles. The number of unbranched alkanes of at least 4 members (excludes halogenated alkanes) is 2. The van der Waals surface area contributed by atoms with Gasteiger partial charge in [-0.2, -0.15) is 0 Å². The first-order valence-electron chi connectivity index (χ1n) is 11.7. The van der Waals surface area contributed by atoms with Crippen LogP contribution in [0.3, 0.4) is 0 Å². The lowest BCUT2D eigenvalue weighted by atomic mass is 9.79. The Bertz CT molecular complexity index is 377. The number of ether oxygens (including phenoxy) is 1. The quantitative estimate of drug-likeness (QED) is 0.256. The Labute approximate surface area is 162 Å². The maximum absolute atomic E-state index is 13.0. The first-order chi connectivity index (χ1) is 12.7. The van der Waals surface area contributed by atoms with Crippen LogP contribution in [0, 0.1) is 17.8 Å². The van der Waals surface area contributed by atoms with E-state index in [1.807, 2.05) is 0 Å². The van der Waals surface area contributed by atoms with Crippen LogP contribution in [-0.2, 0) is 9.53 Å². The Hall–Kier alpha value is -0.570. The summed E-state index contributed by atoms with van der Waals surface area (Å²) in [5.41, 5.74) is 0. The summed E-state index contributed by atoms with van der Waals surface area (Å²) in [6.07, 6.45) is 14.1. The Morgan fingerprint density at radius 3 is 1.88 bits per heavy atom. The van der Waals surface area contributed by atoms with Gasteiger partial charge in [-0.3, -0.25) is 4.79 Å². The van der Waals surface area contributed by atoms with E-state index in [4.69, 9.17) is 4.74 Å². The molecule has 0 N–H and O–H groups in total. The molecule has 0 aliphatic heterocycles. The van der Waals surface area contributed by atoms with Crippen molar-refractivity contribution in [2.24, 2.45) is 17.8 Å². The summed E-state index contributed by atoms with van der Waals surface area (Å²) in [4.78, 5) is 13.0. The fourth-order valence-corrected chi connectivity index (χ4v) is 5.50. The number of likely N-dealkylation sites (N-methyl/N-ethyl adjacent to an activating group) is 1. The van der Waals surface area contributed by atoms with Gasteiger partial charge in [0.1, 0.15) is 13.2 Å². The van der Waals surface area contributed by atoms with Gasteiger partial charge in [0, 0.05) is 0 Å². The second-order valence-electron chi connectivity index (χ2n) is 8.91. The molecule has 0 heterocycles. The molecule has 2 rings (SSSR count). The summed E-state index contributed by atoms with van der Waals surface area (Å²) in [6, 6.07) is 0. The van der Waals surface area contributed by atoms with Crippen molar-refractivity contribution in [1.29, 1.82) is 0 Å². The van der Waals surface area contributed by atoms with Gasteiger partial charge in [-0.15, -0.1) is 0 Å². The highest BCUT2D eigenvalue weighted by atomic mass is 16.5. The number of esters is 1. The second kappa shape index (κ2) is 11.3. The molecule has 2 aliphatic rings. The number of nitrogens with zero attached hydrogens (tertiary/aromatic N) is 1. The molecule has 0 aromatic heterocycles. The molecule has 0 unspecified atom stereocenters. The number of hydrogen-bond donors (Lipinski definition) is 0. The zero-order chi connectivity index (χ0) is 18.8. The van der Waals surface area contributed by atoms with E-state index >= 15 is 0 Å². The van der Waals surface area contributed by atoms with E-state index in [1.54, 1.807) is 0 Å². The molecule has 0 radical (unpaired) electrons. The van der Waals surface area contributed by atoms with E-state index in [-0.39, 0.29) is 11.9 Å². The van der Waals surface area contributed by atoms with Gasteiger partial charge in [0.25, 0.3) is 0 Å². The third-order valence-corrected chi connectivity index (χ3v) is 7.48. The molecule has 2 saturated carbocycles. The van der Waals surface area contributed by atoms with E-state index in [0.717, 1.165) is 24.1 Å². The molecule has 0 atom stereocenters. The molecule has 0 aromatic carbocycles. The summed E-state index contributed by atoms with van der Waals surface area (Å²) in [5, 5.41) is 0. The fourth-order valence-electron chi connectivity index (χ4n) is 5.50. The highest BCUT2D eigenvalue weighted by molar-refractivity contribution is 5.73. The normalized spacial score (nSPS) is 19.5. The maximum atomic E-state index is 13.0. The lowest BCUT2D eigenvalue weighted by molar-refractivity contribution is -0.925. The predicted molar refractivity (Wildman–Crippen MR) is 109 cm³/mol. The average Bonchev–Trinajstić information content (AvgIpc) is 3.36. The molecule has 0 aromatic rings. The van der Waals surface area contributed by atoms with E-state index in [2.05, 4.69) is 20.8 Å². The van der Waals surface area contributed by atoms with Crippen molar-refractivity contribution >= 4 is 5.97 Å². The van der Waals surface area contributed by atoms with Crippen LogP contribution in [0.4, 0.5) is 0 Å². The van der Waals surface area contributed by atoms with Crippen molar-refractivity contribution in [3.63, 3.8) is 0 Å². The molecule has 0 spiro atoms. The molecule has 0 bridgehead atoms. The Kier molecular flexibility index (Phi) is 9.45. The molecule has 0 amide bonds. The van der Waals surface area contributed by atoms with Crippen molar-refractivity contribution in [1.82, 2.24) is 0 Å². The Balaban J connectivity index is 1.87. The average molecular weight is 367 g/mol. The molecule has 26 heavy (non-hydrogen) atoms. The summed E-state index contributed by atoms with van der Waals surface area (Å²) < 4.78 is 7.04. The minimum Gasteiger partial charge on any atom is -0.459 e. The van der Waals surface area contributed by atoms with Crippen molar-refractivity contribution in [3.05, 3.63) is 0 Å². The third-order valence-electron chi connectivity index (χ3n) is 7.48. The first kappa shape index (κ1) is 21.7. The molecular weight excluding hydrogens is 322 g/mol. The molecular formula is C23H44NO2+. The number of rotatable bonds is 12. The van der Waals surface area contributed by atoms with Crippen LogP contribution in [0.15, 0.2) is 0 Å². The monoisotopic (exact) mass is 366 g/mol. The second-order valence-corrected chi connectivity index (χ2v) is 8.91.